The van der Waals surface area contributed by atoms with E-state index in [1.165, 1.54) is 6.07 Å². The van der Waals surface area contributed by atoms with Crippen LogP contribution in [0.4, 0.5) is 4.39 Å². The Labute approximate surface area is 180 Å². The Morgan fingerprint density at radius 1 is 1.11 bits per heavy atom. The van der Waals surface area contributed by atoms with E-state index >= 15 is 0 Å². The van der Waals surface area contributed by atoms with Crippen LogP contribution in [-0.2, 0) is 18.8 Å². The number of hydrogen-bond donors (Lipinski definition) is 3. The SMILES string of the molecule is CN=C(NCc1cc(OC)ccc1O)NCc1ccc(F)cc1CSC.I. The minimum atomic E-state index is -0.228. The average Bonchev–Trinajstić information content (AvgIpc) is 2.64. The third-order valence-electron chi connectivity index (χ3n) is 3.87. The number of nitrogens with one attached hydrogen (secondary N) is 2. The summed E-state index contributed by atoms with van der Waals surface area (Å²) in [5.74, 6) is 1.98. The highest BCUT2D eigenvalue weighted by Crippen LogP contribution is 2.22. The summed E-state index contributed by atoms with van der Waals surface area (Å²) in [6.07, 6.45) is 1.99. The lowest BCUT2D eigenvalue weighted by molar-refractivity contribution is 0.410. The van der Waals surface area contributed by atoms with Crippen molar-refractivity contribution in [3.8, 4) is 11.5 Å². The molecule has 0 atom stereocenters. The number of halogens is 2. The quantitative estimate of drug-likeness (QED) is 0.303. The second-order valence-electron chi connectivity index (χ2n) is 5.62. The Morgan fingerprint density at radius 3 is 2.44 bits per heavy atom. The Bertz CT molecular complexity index is 775. The van der Waals surface area contributed by atoms with E-state index in [4.69, 9.17) is 4.74 Å². The molecule has 0 saturated carbocycles. The van der Waals surface area contributed by atoms with Gasteiger partial charge in [0.2, 0.25) is 0 Å². The van der Waals surface area contributed by atoms with Gasteiger partial charge in [-0.2, -0.15) is 11.8 Å². The zero-order valence-electron chi connectivity index (χ0n) is 15.6. The van der Waals surface area contributed by atoms with Gasteiger partial charge >= 0.3 is 0 Å². The smallest absolute Gasteiger partial charge is 0.191 e. The fourth-order valence-electron chi connectivity index (χ4n) is 2.47. The number of phenols is 1. The van der Waals surface area contributed by atoms with Crippen LogP contribution in [0.1, 0.15) is 16.7 Å². The molecule has 3 N–H and O–H groups in total. The second kappa shape index (κ2) is 11.9. The van der Waals surface area contributed by atoms with Crippen molar-refractivity contribution in [1.29, 1.82) is 0 Å². The summed E-state index contributed by atoms with van der Waals surface area (Å²) in [5.41, 5.74) is 2.69. The van der Waals surface area contributed by atoms with Crippen LogP contribution >= 0.6 is 35.7 Å². The maximum absolute atomic E-state index is 13.4. The van der Waals surface area contributed by atoms with Crippen molar-refractivity contribution in [2.75, 3.05) is 20.4 Å². The molecule has 2 aromatic rings. The van der Waals surface area contributed by atoms with Gasteiger partial charge in [0, 0.05) is 31.5 Å². The summed E-state index contributed by atoms with van der Waals surface area (Å²) < 4.78 is 18.6. The lowest BCUT2D eigenvalue weighted by Crippen LogP contribution is -2.36. The number of phenolic OH excluding ortho intramolecular Hbond substituents is 1. The topological polar surface area (TPSA) is 65.9 Å². The van der Waals surface area contributed by atoms with Crippen molar-refractivity contribution in [1.82, 2.24) is 10.6 Å². The number of guanidine groups is 1. The molecule has 0 bridgehead atoms. The van der Waals surface area contributed by atoms with Crippen molar-refractivity contribution in [2.24, 2.45) is 4.99 Å². The monoisotopic (exact) mass is 505 g/mol. The van der Waals surface area contributed by atoms with E-state index in [1.807, 2.05) is 6.26 Å². The van der Waals surface area contributed by atoms with Crippen LogP contribution in [-0.4, -0.2) is 31.5 Å². The first-order chi connectivity index (χ1) is 12.6. The first-order valence-electron chi connectivity index (χ1n) is 8.14. The molecule has 0 aliphatic carbocycles. The molecule has 2 aromatic carbocycles. The fraction of sp³-hybridized carbons (Fsp3) is 0.316. The molecule has 0 aromatic heterocycles. The Balaban J connectivity index is 0.00000364. The maximum atomic E-state index is 13.4. The minimum absolute atomic E-state index is 0. The van der Waals surface area contributed by atoms with Gasteiger partial charge in [0.05, 0.1) is 7.11 Å². The first-order valence-corrected chi connectivity index (χ1v) is 9.53. The van der Waals surface area contributed by atoms with Crippen LogP contribution in [0.2, 0.25) is 0 Å². The van der Waals surface area contributed by atoms with E-state index in [-0.39, 0.29) is 35.5 Å². The van der Waals surface area contributed by atoms with Gasteiger partial charge < -0.3 is 20.5 Å². The van der Waals surface area contributed by atoms with Gasteiger partial charge in [-0.05, 0) is 47.7 Å². The molecule has 0 saturated heterocycles. The molecule has 8 heteroatoms. The van der Waals surface area contributed by atoms with Crippen LogP contribution in [0.25, 0.3) is 0 Å². The van der Waals surface area contributed by atoms with E-state index < -0.39 is 0 Å². The molecular formula is C19H25FIN3O2S. The van der Waals surface area contributed by atoms with Crippen LogP contribution < -0.4 is 15.4 Å². The number of methoxy groups -OCH3 is 1. The molecule has 0 aliphatic heterocycles. The lowest BCUT2D eigenvalue weighted by atomic mass is 10.1. The number of aliphatic imine (C=N–C) groups is 1. The van der Waals surface area contributed by atoms with E-state index in [2.05, 4.69) is 15.6 Å². The van der Waals surface area contributed by atoms with Crippen molar-refractivity contribution in [2.45, 2.75) is 18.8 Å². The molecule has 148 valence electrons. The van der Waals surface area contributed by atoms with Crippen LogP contribution in [0.15, 0.2) is 41.4 Å². The van der Waals surface area contributed by atoms with Crippen molar-refractivity contribution < 1.29 is 14.2 Å². The van der Waals surface area contributed by atoms with E-state index in [0.717, 1.165) is 16.9 Å². The predicted octanol–water partition coefficient (Wildman–Crippen LogP) is 3.89. The maximum Gasteiger partial charge on any atom is 0.191 e. The van der Waals surface area contributed by atoms with Gasteiger partial charge in [-0.3, -0.25) is 4.99 Å². The minimum Gasteiger partial charge on any atom is -0.508 e. The number of ether oxygens (including phenoxy) is 1. The molecular weight excluding hydrogens is 480 g/mol. The Morgan fingerprint density at radius 2 is 1.81 bits per heavy atom. The molecule has 0 unspecified atom stereocenters. The molecule has 0 amide bonds. The van der Waals surface area contributed by atoms with Gasteiger partial charge in [-0.1, -0.05) is 6.07 Å². The summed E-state index contributed by atoms with van der Waals surface area (Å²) in [5, 5.41) is 16.3. The fourth-order valence-corrected chi connectivity index (χ4v) is 3.05. The number of benzene rings is 2. The largest absolute Gasteiger partial charge is 0.508 e. The van der Waals surface area contributed by atoms with E-state index in [9.17, 15) is 9.50 Å². The van der Waals surface area contributed by atoms with Crippen molar-refractivity contribution >= 4 is 41.7 Å². The van der Waals surface area contributed by atoms with Gasteiger partial charge in [-0.15, -0.1) is 24.0 Å². The molecule has 5 nitrogen and oxygen atoms in total. The number of hydrogen-bond acceptors (Lipinski definition) is 4. The molecule has 0 spiro atoms. The van der Waals surface area contributed by atoms with Crippen LogP contribution in [0.3, 0.4) is 0 Å². The summed E-state index contributed by atoms with van der Waals surface area (Å²) in [4.78, 5) is 4.19. The zero-order chi connectivity index (χ0) is 18.9. The van der Waals surface area contributed by atoms with Crippen molar-refractivity contribution in [3.05, 3.63) is 58.9 Å². The summed E-state index contributed by atoms with van der Waals surface area (Å²) in [6.45, 7) is 0.920. The Hall–Kier alpha value is -1.68. The van der Waals surface area contributed by atoms with Gasteiger partial charge in [0.1, 0.15) is 17.3 Å². The van der Waals surface area contributed by atoms with E-state index in [1.54, 1.807) is 56.3 Å². The molecule has 0 heterocycles. The van der Waals surface area contributed by atoms with Gasteiger partial charge in [-0.25, -0.2) is 4.39 Å². The summed E-state index contributed by atoms with van der Waals surface area (Å²) >= 11 is 1.65. The number of thioether (sulfide) groups is 1. The standard InChI is InChI=1S/C19H24FN3O2S.HI/c1-21-19(23-11-14-9-17(25-2)6-7-18(14)24)22-10-13-4-5-16(20)8-15(13)12-26-3;/h4-9,24H,10-12H2,1-3H3,(H2,21,22,23);1H. The lowest BCUT2D eigenvalue weighted by Gasteiger charge is -2.15. The second-order valence-corrected chi connectivity index (χ2v) is 6.49. The predicted molar refractivity (Wildman–Crippen MR) is 121 cm³/mol. The van der Waals surface area contributed by atoms with E-state index in [0.29, 0.717) is 30.4 Å². The number of rotatable bonds is 7. The highest BCUT2D eigenvalue weighted by molar-refractivity contribution is 14.0. The zero-order valence-corrected chi connectivity index (χ0v) is 18.7. The average molecular weight is 505 g/mol. The molecule has 27 heavy (non-hydrogen) atoms. The number of nitrogens with zero attached hydrogens (tertiary/aromatic N) is 1. The summed E-state index contributed by atoms with van der Waals surface area (Å²) in [7, 11) is 3.26. The Kier molecular flexibility index (Phi) is 10.3. The third kappa shape index (κ3) is 7.10. The van der Waals surface area contributed by atoms with Crippen LogP contribution in [0.5, 0.6) is 11.5 Å². The van der Waals surface area contributed by atoms with Gasteiger partial charge in [0.15, 0.2) is 5.96 Å². The first kappa shape index (κ1) is 23.4. The van der Waals surface area contributed by atoms with Crippen molar-refractivity contribution in [3.63, 3.8) is 0 Å². The normalized spacial score (nSPS) is 10.9. The molecule has 0 aliphatic rings. The molecule has 2 rings (SSSR count). The highest BCUT2D eigenvalue weighted by Gasteiger charge is 2.07. The molecule has 0 fully saturated rings. The third-order valence-corrected chi connectivity index (χ3v) is 4.47. The van der Waals surface area contributed by atoms with Crippen LogP contribution in [0, 0.1) is 5.82 Å². The molecule has 0 radical (unpaired) electrons. The van der Waals surface area contributed by atoms with Gasteiger partial charge in [0.25, 0.3) is 0 Å². The highest BCUT2D eigenvalue weighted by atomic mass is 127. The number of aromatic hydroxyl groups is 1. The summed E-state index contributed by atoms with van der Waals surface area (Å²) in [6, 6.07) is 9.89.